The van der Waals surface area contributed by atoms with E-state index < -0.39 is 0 Å². The van der Waals surface area contributed by atoms with Crippen molar-refractivity contribution < 1.29 is 0 Å². The topological polar surface area (TPSA) is 24.9 Å². The molecule has 1 aromatic carbocycles. The van der Waals surface area contributed by atoms with Gasteiger partial charge in [0.15, 0.2) is 0 Å². The number of thiazole rings is 1. The van der Waals surface area contributed by atoms with Crippen LogP contribution in [0.1, 0.15) is 76.1 Å². The molecule has 1 aromatic heterocycles. The van der Waals surface area contributed by atoms with Crippen molar-refractivity contribution >= 4 is 11.3 Å². The normalized spacial score (nSPS) is 22.6. The number of fused-ring (bicyclic) bond motifs is 1. The molecule has 0 bridgehead atoms. The SMILES string of the molecule is CC1(C)CCC(C)(C)c2cc(-c3nc(C4CCNCC4)cs3)ccc21. The van der Waals surface area contributed by atoms with E-state index in [-0.39, 0.29) is 10.8 Å². The van der Waals surface area contributed by atoms with E-state index in [1.807, 2.05) is 11.3 Å². The summed E-state index contributed by atoms with van der Waals surface area (Å²) in [7, 11) is 0. The third kappa shape index (κ3) is 3.17. The van der Waals surface area contributed by atoms with Gasteiger partial charge in [-0.1, -0.05) is 39.8 Å². The molecule has 0 amide bonds. The van der Waals surface area contributed by atoms with Gasteiger partial charge in [-0.05, 0) is 66.8 Å². The molecule has 0 radical (unpaired) electrons. The molecule has 134 valence electrons. The van der Waals surface area contributed by atoms with Gasteiger partial charge in [0.05, 0.1) is 5.69 Å². The summed E-state index contributed by atoms with van der Waals surface area (Å²) in [5.74, 6) is 0.638. The van der Waals surface area contributed by atoms with Crippen molar-refractivity contribution in [3.63, 3.8) is 0 Å². The molecule has 25 heavy (non-hydrogen) atoms. The standard InChI is InChI=1S/C22H30N2S/c1-21(2)9-10-22(3,4)18-13-16(5-6-17(18)21)20-24-19(14-25-20)15-7-11-23-12-8-15/h5-6,13-15,23H,7-12H2,1-4H3. The molecule has 0 saturated carbocycles. The molecule has 2 aromatic rings. The molecular weight excluding hydrogens is 324 g/mol. The van der Waals surface area contributed by atoms with Gasteiger partial charge < -0.3 is 5.32 Å². The van der Waals surface area contributed by atoms with E-state index in [1.54, 1.807) is 0 Å². The molecule has 1 N–H and O–H groups in total. The van der Waals surface area contributed by atoms with Crippen LogP contribution in [0, 0.1) is 0 Å². The highest BCUT2D eigenvalue weighted by molar-refractivity contribution is 7.13. The Labute approximate surface area is 156 Å². The lowest BCUT2D eigenvalue weighted by Gasteiger charge is -2.42. The molecule has 0 atom stereocenters. The van der Waals surface area contributed by atoms with Crippen molar-refractivity contribution in [3.8, 4) is 10.6 Å². The van der Waals surface area contributed by atoms with Gasteiger partial charge in [0, 0.05) is 16.9 Å². The second-order valence-electron chi connectivity index (χ2n) is 9.13. The molecule has 3 heteroatoms. The summed E-state index contributed by atoms with van der Waals surface area (Å²) >= 11 is 1.82. The Bertz CT molecular complexity index is 766. The maximum atomic E-state index is 5.03. The first kappa shape index (κ1) is 17.2. The summed E-state index contributed by atoms with van der Waals surface area (Å²) in [4.78, 5) is 5.03. The van der Waals surface area contributed by atoms with Crippen molar-refractivity contribution in [1.29, 1.82) is 0 Å². The highest BCUT2D eigenvalue weighted by Gasteiger charge is 2.37. The van der Waals surface area contributed by atoms with Gasteiger partial charge in [0.1, 0.15) is 5.01 Å². The van der Waals surface area contributed by atoms with Gasteiger partial charge in [0.2, 0.25) is 0 Å². The third-order valence-corrected chi connectivity index (χ3v) is 7.29. The number of benzene rings is 1. The molecule has 2 nitrogen and oxygen atoms in total. The van der Waals surface area contributed by atoms with E-state index in [0.717, 1.165) is 13.1 Å². The first-order valence-electron chi connectivity index (χ1n) is 9.68. The number of nitrogens with zero attached hydrogens (tertiary/aromatic N) is 1. The number of aromatic nitrogens is 1. The Morgan fingerprint density at radius 1 is 1.00 bits per heavy atom. The maximum absolute atomic E-state index is 5.03. The zero-order valence-corrected chi connectivity index (χ0v) is 16.8. The second kappa shape index (κ2) is 6.21. The smallest absolute Gasteiger partial charge is 0.123 e. The summed E-state index contributed by atoms with van der Waals surface area (Å²) in [6.07, 6.45) is 4.96. The zero-order valence-electron chi connectivity index (χ0n) is 16.0. The molecule has 2 aliphatic rings. The van der Waals surface area contributed by atoms with E-state index in [2.05, 4.69) is 56.6 Å². The van der Waals surface area contributed by atoms with Gasteiger partial charge >= 0.3 is 0 Å². The van der Waals surface area contributed by atoms with Crippen LogP contribution in [0.25, 0.3) is 10.6 Å². The Balaban J connectivity index is 1.69. The fourth-order valence-electron chi connectivity index (χ4n) is 4.45. The molecule has 2 heterocycles. The Kier molecular flexibility index (Phi) is 4.28. The summed E-state index contributed by atoms with van der Waals surface area (Å²) in [6.45, 7) is 11.8. The van der Waals surface area contributed by atoms with Crippen LogP contribution < -0.4 is 5.32 Å². The predicted octanol–water partition coefficient (Wildman–Crippen LogP) is 5.63. The zero-order chi connectivity index (χ0) is 17.7. The van der Waals surface area contributed by atoms with Crippen LogP contribution in [0.3, 0.4) is 0 Å². The summed E-state index contributed by atoms with van der Waals surface area (Å²) in [6, 6.07) is 7.10. The third-order valence-electron chi connectivity index (χ3n) is 6.38. The molecular formula is C22H30N2S. The largest absolute Gasteiger partial charge is 0.317 e. The Hall–Kier alpha value is -1.19. The molecule has 1 aliphatic heterocycles. The predicted molar refractivity (Wildman–Crippen MR) is 108 cm³/mol. The maximum Gasteiger partial charge on any atom is 0.123 e. The van der Waals surface area contributed by atoms with Gasteiger partial charge in [-0.25, -0.2) is 4.98 Å². The molecule has 1 saturated heterocycles. The number of nitrogens with one attached hydrogen (secondary N) is 1. The van der Waals surface area contributed by atoms with Crippen LogP contribution in [-0.4, -0.2) is 18.1 Å². The van der Waals surface area contributed by atoms with E-state index in [9.17, 15) is 0 Å². The number of rotatable bonds is 2. The van der Waals surface area contributed by atoms with Crippen LogP contribution in [0.4, 0.5) is 0 Å². The van der Waals surface area contributed by atoms with E-state index >= 15 is 0 Å². The lowest BCUT2D eigenvalue weighted by molar-refractivity contribution is 0.332. The summed E-state index contributed by atoms with van der Waals surface area (Å²) in [5.41, 5.74) is 6.21. The van der Waals surface area contributed by atoms with Crippen molar-refractivity contribution in [1.82, 2.24) is 10.3 Å². The average molecular weight is 355 g/mol. The Morgan fingerprint density at radius 3 is 2.40 bits per heavy atom. The van der Waals surface area contributed by atoms with E-state index in [1.165, 1.54) is 53.1 Å². The molecule has 1 aliphatic carbocycles. The Morgan fingerprint density at radius 2 is 1.68 bits per heavy atom. The van der Waals surface area contributed by atoms with Crippen LogP contribution in [0.2, 0.25) is 0 Å². The second-order valence-corrected chi connectivity index (χ2v) is 9.99. The quantitative estimate of drug-likeness (QED) is 0.756. The average Bonchev–Trinajstić information content (AvgIpc) is 3.10. The van der Waals surface area contributed by atoms with Crippen LogP contribution in [0.5, 0.6) is 0 Å². The van der Waals surface area contributed by atoms with Crippen LogP contribution in [-0.2, 0) is 10.8 Å². The molecule has 0 unspecified atom stereocenters. The van der Waals surface area contributed by atoms with Crippen molar-refractivity contribution in [2.45, 2.75) is 70.1 Å². The van der Waals surface area contributed by atoms with Crippen molar-refractivity contribution in [2.24, 2.45) is 0 Å². The lowest BCUT2D eigenvalue weighted by atomic mass is 9.63. The number of hydrogen-bond donors (Lipinski definition) is 1. The molecule has 0 spiro atoms. The van der Waals surface area contributed by atoms with Crippen LogP contribution >= 0.6 is 11.3 Å². The highest BCUT2D eigenvalue weighted by atomic mass is 32.1. The van der Waals surface area contributed by atoms with Crippen molar-refractivity contribution in [3.05, 3.63) is 40.4 Å². The van der Waals surface area contributed by atoms with E-state index in [4.69, 9.17) is 4.98 Å². The summed E-state index contributed by atoms with van der Waals surface area (Å²) in [5, 5.41) is 6.93. The number of piperidine rings is 1. The fraction of sp³-hybridized carbons (Fsp3) is 0.591. The minimum atomic E-state index is 0.260. The first-order valence-corrected chi connectivity index (χ1v) is 10.6. The van der Waals surface area contributed by atoms with Gasteiger partial charge in [-0.3, -0.25) is 0 Å². The van der Waals surface area contributed by atoms with Gasteiger partial charge in [-0.15, -0.1) is 11.3 Å². The minimum Gasteiger partial charge on any atom is -0.317 e. The first-order chi connectivity index (χ1) is 11.9. The van der Waals surface area contributed by atoms with Gasteiger partial charge in [-0.2, -0.15) is 0 Å². The number of hydrogen-bond acceptors (Lipinski definition) is 3. The van der Waals surface area contributed by atoms with Crippen molar-refractivity contribution in [2.75, 3.05) is 13.1 Å². The monoisotopic (exact) mass is 354 g/mol. The minimum absolute atomic E-state index is 0.260. The molecule has 4 rings (SSSR count). The fourth-order valence-corrected chi connectivity index (χ4v) is 5.34. The van der Waals surface area contributed by atoms with Gasteiger partial charge in [0.25, 0.3) is 0 Å². The highest BCUT2D eigenvalue weighted by Crippen LogP contribution is 2.47. The van der Waals surface area contributed by atoms with Crippen LogP contribution in [0.15, 0.2) is 23.6 Å². The van der Waals surface area contributed by atoms with E-state index in [0.29, 0.717) is 5.92 Å². The summed E-state index contributed by atoms with van der Waals surface area (Å²) < 4.78 is 0. The lowest BCUT2D eigenvalue weighted by Crippen LogP contribution is -2.33. The molecule has 1 fully saturated rings.